The molecule has 2 atom stereocenters. The van der Waals surface area contributed by atoms with E-state index >= 15 is 0 Å². The van der Waals surface area contributed by atoms with Crippen LogP contribution in [0, 0.1) is 23.7 Å². The molecule has 1 nitrogen and oxygen atoms in total. The lowest BCUT2D eigenvalue weighted by Crippen LogP contribution is -2.27. The zero-order chi connectivity index (χ0) is 12.0. The maximum atomic E-state index is 10.5. The van der Waals surface area contributed by atoms with E-state index in [0.717, 1.165) is 37.5 Å². The molecule has 1 heteroatoms. The van der Waals surface area contributed by atoms with E-state index in [2.05, 4.69) is 25.7 Å². The van der Waals surface area contributed by atoms with Crippen LogP contribution in [0.15, 0.2) is 0 Å². The smallest absolute Gasteiger partial charge is 0.0657 e. The molecule has 0 radical (unpaired) electrons. The Morgan fingerprint density at radius 1 is 1.31 bits per heavy atom. The van der Waals surface area contributed by atoms with Crippen molar-refractivity contribution in [2.24, 2.45) is 11.8 Å². The van der Waals surface area contributed by atoms with Gasteiger partial charge in [0.1, 0.15) is 0 Å². The van der Waals surface area contributed by atoms with Gasteiger partial charge in [-0.25, -0.2) is 0 Å². The molecule has 1 saturated carbocycles. The summed E-state index contributed by atoms with van der Waals surface area (Å²) in [5.74, 6) is 7.54. The summed E-state index contributed by atoms with van der Waals surface area (Å²) < 4.78 is 0. The minimum Gasteiger partial charge on any atom is -0.390 e. The van der Waals surface area contributed by atoms with Gasteiger partial charge in [-0.3, -0.25) is 0 Å². The molecule has 0 aliphatic heterocycles. The van der Waals surface area contributed by atoms with Crippen LogP contribution in [-0.2, 0) is 0 Å². The minimum atomic E-state index is -0.423. The van der Waals surface area contributed by atoms with E-state index in [9.17, 15) is 5.11 Å². The molecule has 0 aromatic rings. The predicted molar refractivity (Wildman–Crippen MR) is 69.0 cm³/mol. The summed E-state index contributed by atoms with van der Waals surface area (Å²) in [6, 6.07) is 0. The predicted octanol–water partition coefficient (Wildman–Crippen LogP) is 3.76. The van der Waals surface area contributed by atoms with E-state index in [1.807, 2.05) is 6.92 Å². The van der Waals surface area contributed by atoms with Crippen LogP contribution in [-0.4, -0.2) is 10.7 Å². The first-order valence-electron chi connectivity index (χ1n) is 6.69. The summed E-state index contributed by atoms with van der Waals surface area (Å²) in [5, 5.41) is 10.5. The highest BCUT2D eigenvalue weighted by Crippen LogP contribution is 2.36. The van der Waals surface area contributed by atoms with Gasteiger partial charge in [0.15, 0.2) is 0 Å². The van der Waals surface area contributed by atoms with Crippen molar-refractivity contribution in [3.63, 3.8) is 0 Å². The summed E-state index contributed by atoms with van der Waals surface area (Å²) in [4.78, 5) is 0. The molecule has 1 N–H and O–H groups in total. The zero-order valence-corrected chi connectivity index (χ0v) is 11.1. The SMILES string of the molecule is CC#CCCC1(O)CCCC(C(C)C)CC1. The van der Waals surface area contributed by atoms with E-state index in [1.54, 1.807) is 0 Å². The van der Waals surface area contributed by atoms with Crippen LogP contribution in [0.5, 0.6) is 0 Å². The van der Waals surface area contributed by atoms with Crippen molar-refractivity contribution in [1.29, 1.82) is 0 Å². The van der Waals surface area contributed by atoms with E-state index < -0.39 is 5.60 Å². The van der Waals surface area contributed by atoms with Crippen molar-refractivity contribution in [1.82, 2.24) is 0 Å². The van der Waals surface area contributed by atoms with Gasteiger partial charge in [-0.05, 0) is 44.4 Å². The topological polar surface area (TPSA) is 20.2 Å². The second kappa shape index (κ2) is 6.30. The molecule has 0 bridgehead atoms. The molecule has 1 rings (SSSR count). The highest BCUT2D eigenvalue weighted by Gasteiger charge is 2.30. The Kier molecular flexibility index (Phi) is 5.35. The summed E-state index contributed by atoms with van der Waals surface area (Å²) >= 11 is 0. The fraction of sp³-hybridized carbons (Fsp3) is 0.867. The van der Waals surface area contributed by atoms with Crippen LogP contribution in [0.3, 0.4) is 0 Å². The molecule has 92 valence electrons. The molecular weight excluding hydrogens is 196 g/mol. The zero-order valence-electron chi connectivity index (χ0n) is 11.1. The largest absolute Gasteiger partial charge is 0.390 e. The highest BCUT2D eigenvalue weighted by molar-refractivity contribution is 4.97. The molecule has 1 aliphatic rings. The molecule has 0 aromatic carbocycles. The summed E-state index contributed by atoms with van der Waals surface area (Å²) in [7, 11) is 0. The molecule has 0 spiro atoms. The summed E-state index contributed by atoms with van der Waals surface area (Å²) in [6.07, 6.45) is 7.31. The van der Waals surface area contributed by atoms with Gasteiger partial charge in [0.05, 0.1) is 5.60 Å². The van der Waals surface area contributed by atoms with Crippen LogP contribution in [0.25, 0.3) is 0 Å². The molecule has 0 saturated heterocycles. The van der Waals surface area contributed by atoms with Crippen LogP contribution in [0.2, 0.25) is 0 Å². The van der Waals surface area contributed by atoms with Crippen LogP contribution >= 0.6 is 0 Å². The molecule has 0 aromatic heterocycles. The lowest BCUT2D eigenvalue weighted by molar-refractivity contribution is 0.0163. The molecule has 1 fully saturated rings. The molecule has 0 amide bonds. The van der Waals surface area contributed by atoms with Gasteiger partial charge >= 0.3 is 0 Å². The number of hydrogen-bond acceptors (Lipinski definition) is 1. The first-order valence-corrected chi connectivity index (χ1v) is 6.69. The Morgan fingerprint density at radius 2 is 2.06 bits per heavy atom. The fourth-order valence-electron chi connectivity index (χ4n) is 2.75. The third-order valence-corrected chi connectivity index (χ3v) is 4.03. The van der Waals surface area contributed by atoms with Crippen molar-refractivity contribution in [2.45, 2.75) is 71.3 Å². The highest BCUT2D eigenvalue weighted by atomic mass is 16.3. The first-order chi connectivity index (χ1) is 7.57. The van der Waals surface area contributed by atoms with Gasteiger partial charge in [-0.15, -0.1) is 11.8 Å². The Bertz CT molecular complexity index is 258. The van der Waals surface area contributed by atoms with Gasteiger partial charge in [-0.2, -0.15) is 0 Å². The third kappa shape index (κ3) is 4.18. The van der Waals surface area contributed by atoms with Gasteiger partial charge < -0.3 is 5.11 Å². The third-order valence-electron chi connectivity index (χ3n) is 4.03. The van der Waals surface area contributed by atoms with Crippen LogP contribution in [0.1, 0.15) is 65.7 Å². The van der Waals surface area contributed by atoms with Crippen molar-refractivity contribution in [3.8, 4) is 11.8 Å². The standard InChI is InChI=1S/C15H26O/c1-4-5-6-10-15(16)11-7-8-14(9-12-15)13(2)3/h13-14,16H,6-12H2,1-3H3. The quantitative estimate of drug-likeness (QED) is 0.569. The molecule has 0 heterocycles. The lowest BCUT2D eigenvalue weighted by atomic mass is 9.86. The summed E-state index contributed by atoms with van der Waals surface area (Å²) in [5.41, 5.74) is -0.423. The minimum absolute atomic E-state index is 0.423. The Labute approximate surface area is 101 Å². The average Bonchev–Trinajstić information content (AvgIpc) is 2.41. The van der Waals surface area contributed by atoms with E-state index in [0.29, 0.717) is 0 Å². The van der Waals surface area contributed by atoms with Gasteiger partial charge in [0.25, 0.3) is 0 Å². The van der Waals surface area contributed by atoms with Crippen molar-refractivity contribution in [2.75, 3.05) is 0 Å². The van der Waals surface area contributed by atoms with Crippen molar-refractivity contribution < 1.29 is 5.11 Å². The molecular formula is C15H26O. The maximum absolute atomic E-state index is 10.5. The monoisotopic (exact) mass is 222 g/mol. The number of aliphatic hydroxyl groups is 1. The van der Waals surface area contributed by atoms with E-state index in [1.165, 1.54) is 19.3 Å². The number of hydrogen-bond donors (Lipinski definition) is 1. The van der Waals surface area contributed by atoms with Crippen LogP contribution in [0.4, 0.5) is 0 Å². The van der Waals surface area contributed by atoms with E-state index in [4.69, 9.17) is 0 Å². The lowest BCUT2D eigenvalue weighted by Gasteiger charge is -2.26. The summed E-state index contributed by atoms with van der Waals surface area (Å²) in [6.45, 7) is 6.47. The van der Waals surface area contributed by atoms with E-state index in [-0.39, 0.29) is 0 Å². The number of rotatable bonds is 3. The Morgan fingerprint density at radius 3 is 2.69 bits per heavy atom. The average molecular weight is 222 g/mol. The normalized spacial score (nSPS) is 30.7. The van der Waals surface area contributed by atoms with Gasteiger partial charge in [0.2, 0.25) is 0 Å². The fourth-order valence-corrected chi connectivity index (χ4v) is 2.75. The van der Waals surface area contributed by atoms with Gasteiger partial charge in [-0.1, -0.05) is 26.7 Å². The second-order valence-electron chi connectivity index (χ2n) is 5.59. The molecule has 16 heavy (non-hydrogen) atoms. The van der Waals surface area contributed by atoms with Crippen molar-refractivity contribution in [3.05, 3.63) is 0 Å². The molecule has 2 unspecified atom stereocenters. The Hall–Kier alpha value is -0.480. The maximum Gasteiger partial charge on any atom is 0.0657 e. The Balaban J connectivity index is 2.46. The second-order valence-corrected chi connectivity index (χ2v) is 5.59. The molecule has 1 aliphatic carbocycles. The first kappa shape index (κ1) is 13.6. The van der Waals surface area contributed by atoms with Crippen molar-refractivity contribution >= 4 is 0 Å². The van der Waals surface area contributed by atoms with Gasteiger partial charge in [0, 0.05) is 6.42 Å². The van der Waals surface area contributed by atoms with Crippen LogP contribution < -0.4 is 0 Å².